The van der Waals surface area contributed by atoms with Crippen molar-refractivity contribution >= 4 is 24.1 Å². The van der Waals surface area contributed by atoms with Crippen LogP contribution in [0.25, 0.3) is 12.2 Å². The fourth-order valence-corrected chi connectivity index (χ4v) is 2.51. The summed E-state index contributed by atoms with van der Waals surface area (Å²) in [5.74, 6) is -0.521. The highest BCUT2D eigenvalue weighted by Crippen LogP contribution is 2.10. The van der Waals surface area contributed by atoms with Gasteiger partial charge in [0.05, 0.1) is 0 Å². The number of hydrogen-bond acceptors (Lipinski definition) is 4. The van der Waals surface area contributed by atoms with Gasteiger partial charge in [0.15, 0.2) is 0 Å². The van der Waals surface area contributed by atoms with E-state index in [1.165, 1.54) is 0 Å². The molecule has 4 nitrogen and oxygen atoms in total. The maximum absolute atomic E-state index is 11.8. The molecule has 2 aromatic rings. The number of rotatable bonds is 11. The van der Waals surface area contributed by atoms with E-state index in [2.05, 4.69) is 13.2 Å². The van der Waals surface area contributed by atoms with E-state index in [-0.39, 0.29) is 25.2 Å². The van der Waals surface area contributed by atoms with Crippen LogP contribution in [-0.2, 0) is 32.3 Å². The smallest absolute Gasteiger partial charge is 0.306 e. The zero-order chi connectivity index (χ0) is 20.2. The Bertz CT molecular complexity index is 719. The minimum atomic E-state index is -0.261. The molecular formula is C24H26O4. The molecule has 0 spiro atoms. The van der Waals surface area contributed by atoms with Crippen LogP contribution < -0.4 is 0 Å². The third-order valence-electron chi connectivity index (χ3n) is 4.24. The van der Waals surface area contributed by atoms with E-state index in [0.717, 1.165) is 22.3 Å². The molecule has 4 heteroatoms. The maximum atomic E-state index is 11.8. The summed E-state index contributed by atoms with van der Waals surface area (Å²) >= 11 is 0. The third kappa shape index (κ3) is 7.62. The molecule has 28 heavy (non-hydrogen) atoms. The molecule has 0 aliphatic heterocycles. The summed E-state index contributed by atoms with van der Waals surface area (Å²) in [7, 11) is 0. The second-order valence-corrected chi connectivity index (χ2v) is 6.42. The van der Waals surface area contributed by atoms with E-state index >= 15 is 0 Å². The normalized spacial score (nSPS) is 10.1. The van der Waals surface area contributed by atoms with Crippen LogP contribution in [0.1, 0.15) is 47.9 Å². The van der Waals surface area contributed by atoms with Crippen LogP contribution in [0.15, 0.2) is 61.7 Å². The second kappa shape index (κ2) is 11.5. The predicted octanol–water partition coefficient (Wildman–Crippen LogP) is 5.32. The molecule has 0 aliphatic carbocycles. The molecule has 0 heterocycles. The summed E-state index contributed by atoms with van der Waals surface area (Å²) in [4.78, 5) is 23.6. The Balaban J connectivity index is 1.56. The van der Waals surface area contributed by atoms with Gasteiger partial charge < -0.3 is 9.47 Å². The summed E-state index contributed by atoms with van der Waals surface area (Å²) in [5, 5.41) is 0. The molecule has 0 aliphatic rings. The Hall–Kier alpha value is -3.14. The van der Waals surface area contributed by atoms with Gasteiger partial charge in [0, 0.05) is 12.8 Å². The van der Waals surface area contributed by atoms with E-state index in [1.807, 2.05) is 48.5 Å². The highest BCUT2D eigenvalue weighted by molar-refractivity contribution is 5.70. The number of benzene rings is 2. The highest BCUT2D eigenvalue weighted by atomic mass is 16.5. The summed E-state index contributed by atoms with van der Waals surface area (Å²) in [5.41, 5.74) is 3.92. The molecule has 0 aromatic heterocycles. The molecule has 0 saturated carbocycles. The summed E-state index contributed by atoms with van der Waals surface area (Å²) in [6, 6.07) is 15.3. The van der Waals surface area contributed by atoms with Gasteiger partial charge in [-0.3, -0.25) is 9.59 Å². The van der Waals surface area contributed by atoms with Crippen molar-refractivity contribution in [2.75, 3.05) is 0 Å². The first-order chi connectivity index (χ1) is 13.6. The number of ether oxygens (including phenoxy) is 2. The van der Waals surface area contributed by atoms with E-state index < -0.39 is 0 Å². The Labute approximate surface area is 166 Å². The molecule has 0 fully saturated rings. The van der Waals surface area contributed by atoms with E-state index in [9.17, 15) is 9.59 Å². The molecule has 0 bridgehead atoms. The van der Waals surface area contributed by atoms with Gasteiger partial charge in [0.2, 0.25) is 0 Å². The molecule has 0 atom stereocenters. The van der Waals surface area contributed by atoms with Crippen LogP contribution >= 0.6 is 0 Å². The quantitative estimate of drug-likeness (QED) is 0.392. The van der Waals surface area contributed by atoms with Crippen molar-refractivity contribution in [1.82, 2.24) is 0 Å². The average molecular weight is 378 g/mol. The molecule has 2 rings (SSSR count). The molecule has 0 unspecified atom stereocenters. The fourth-order valence-electron chi connectivity index (χ4n) is 2.51. The highest BCUT2D eigenvalue weighted by Gasteiger charge is 2.07. The predicted molar refractivity (Wildman–Crippen MR) is 111 cm³/mol. The zero-order valence-electron chi connectivity index (χ0n) is 16.1. The Kier molecular flexibility index (Phi) is 8.73. The van der Waals surface area contributed by atoms with Crippen molar-refractivity contribution in [1.29, 1.82) is 0 Å². The minimum Gasteiger partial charge on any atom is -0.461 e. The van der Waals surface area contributed by atoms with E-state index in [0.29, 0.717) is 25.7 Å². The van der Waals surface area contributed by atoms with Gasteiger partial charge in [-0.25, -0.2) is 0 Å². The lowest BCUT2D eigenvalue weighted by molar-refractivity contribution is -0.147. The monoisotopic (exact) mass is 378 g/mol. The van der Waals surface area contributed by atoms with Gasteiger partial charge in [-0.05, 0) is 35.1 Å². The van der Waals surface area contributed by atoms with Gasteiger partial charge in [0.1, 0.15) is 13.2 Å². The van der Waals surface area contributed by atoms with Crippen molar-refractivity contribution in [3.63, 3.8) is 0 Å². The van der Waals surface area contributed by atoms with E-state index in [4.69, 9.17) is 9.47 Å². The zero-order valence-corrected chi connectivity index (χ0v) is 16.1. The lowest BCUT2D eigenvalue weighted by Gasteiger charge is -2.06. The van der Waals surface area contributed by atoms with Gasteiger partial charge in [-0.2, -0.15) is 0 Å². The van der Waals surface area contributed by atoms with Gasteiger partial charge in [-0.1, -0.05) is 73.8 Å². The van der Waals surface area contributed by atoms with Crippen molar-refractivity contribution < 1.29 is 19.1 Å². The number of carbonyl (C=O) groups excluding carboxylic acids is 2. The van der Waals surface area contributed by atoms with E-state index in [1.54, 1.807) is 12.2 Å². The summed E-state index contributed by atoms with van der Waals surface area (Å²) < 4.78 is 10.5. The van der Waals surface area contributed by atoms with Crippen LogP contribution in [0.4, 0.5) is 0 Å². The molecule has 146 valence electrons. The largest absolute Gasteiger partial charge is 0.461 e. The Morgan fingerprint density at radius 3 is 1.36 bits per heavy atom. The first-order valence-corrected chi connectivity index (χ1v) is 9.34. The lowest BCUT2D eigenvalue weighted by Crippen LogP contribution is -2.07. The Morgan fingerprint density at radius 1 is 0.679 bits per heavy atom. The standard InChI is InChI=1S/C24H26O4/c1-3-19-9-13-21(14-10-19)17-27-23(25)7-5-6-8-24(26)28-18-22-15-11-20(4-2)12-16-22/h3-4,9-16H,1-2,5-8,17-18H2. The fraction of sp³-hybridized carbons (Fsp3) is 0.250. The second-order valence-electron chi connectivity index (χ2n) is 6.42. The lowest BCUT2D eigenvalue weighted by atomic mass is 10.1. The number of carbonyl (C=O) groups is 2. The molecule has 0 radical (unpaired) electrons. The molecule has 0 saturated heterocycles. The van der Waals surface area contributed by atoms with Crippen LogP contribution in [0.5, 0.6) is 0 Å². The van der Waals surface area contributed by atoms with Gasteiger partial charge >= 0.3 is 11.9 Å². The van der Waals surface area contributed by atoms with Crippen molar-refractivity contribution in [3.05, 3.63) is 83.9 Å². The van der Waals surface area contributed by atoms with Crippen molar-refractivity contribution in [2.45, 2.75) is 38.9 Å². The molecule has 0 N–H and O–H groups in total. The Morgan fingerprint density at radius 2 is 1.04 bits per heavy atom. The SMILES string of the molecule is C=Cc1ccc(COC(=O)CCCCC(=O)OCc2ccc(C=C)cc2)cc1. The van der Waals surface area contributed by atoms with Crippen molar-refractivity contribution in [3.8, 4) is 0 Å². The first-order valence-electron chi connectivity index (χ1n) is 9.34. The topological polar surface area (TPSA) is 52.6 Å². The maximum Gasteiger partial charge on any atom is 0.306 e. The summed E-state index contributed by atoms with van der Waals surface area (Å²) in [6.45, 7) is 7.91. The average Bonchev–Trinajstić information content (AvgIpc) is 2.74. The molecule has 0 amide bonds. The van der Waals surface area contributed by atoms with Gasteiger partial charge in [-0.15, -0.1) is 0 Å². The number of hydrogen-bond donors (Lipinski definition) is 0. The molecular weight excluding hydrogens is 352 g/mol. The third-order valence-corrected chi connectivity index (χ3v) is 4.24. The van der Waals surface area contributed by atoms with Gasteiger partial charge in [0.25, 0.3) is 0 Å². The van der Waals surface area contributed by atoms with Crippen LogP contribution in [0.3, 0.4) is 0 Å². The minimum absolute atomic E-state index is 0.253. The van der Waals surface area contributed by atoms with Crippen LogP contribution in [0, 0.1) is 0 Å². The molecule has 2 aromatic carbocycles. The summed E-state index contributed by atoms with van der Waals surface area (Å²) in [6.07, 6.45) is 5.30. The van der Waals surface area contributed by atoms with Crippen LogP contribution in [-0.4, -0.2) is 11.9 Å². The first kappa shape index (κ1) is 21.2. The number of esters is 2. The van der Waals surface area contributed by atoms with Crippen molar-refractivity contribution in [2.24, 2.45) is 0 Å². The number of unbranched alkanes of at least 4 members (excludes halogenated alkanes) is 1. The van der Waals surface area contributed by atoms with Crippen LogP contribution in [0.2, 0.25) is 0 Å².